The molecule has 0 spiro atoms. The van der Waals surface area contributed by atoms with Crippen LogP contribution in [0.5, 0.6) is 0 Å². The second-order valence-corrected chi connectivity index (χ2v) is 6.01. The van der Waals surface area contributed by atoms with Crippen LogP contribution in [-0.4, -0.2) is 17.1 Å². The number of hydrogen-bond acceptors (Lipinski definition) is 2. The smallest absolute Gasteiger partial charge is 0.355 e. The lowest BCUT2D eigenvalue weighted by molar-refractivity contribution is 0.0517. The van der Waals surface area contributed by atoms with Crippen LogP contribution in [0.2, 0.25) is 5.02 Å². The van der Waals surface area contributed by atoms with Crippen LogP contribution in [0.4, 0.5) is 0 Å². The Labute approximate surface area is 141 Å². The van der Waals surface area contributed by atoms with Crippen LogP contribution in [0.1, 0.15) is 17.4 Å². The van der Waals surface area contributed by atoms with Gasteiger partial charge in [0.2, 0.25) is 0 Å². The molecule has 0 saturated carbocycles. The topological polar surface area (TPSA) is 31.2 Å². The van der Waals surface area contributed by atoms with Crippen LogP contribution in [0.3, 0.4) is 0 Å². The molecule has 1 aromatic heterocycles. The van der Waals surface area contributed by atoms with E-state index in [0.717, 1.165) is 21.1 Å². The summed E-state index contributed by atoms with van der Waals surface area (Å²) in [5.41, 5.74) is 2.23. The largest absolute Gasteiger partial charge is 0.461 e. The number of para-hydroxylation sites is 1. The Morgan fingerprint density at radius 3 is 2.64 bits per heavy atom. The average molecular weight is 379 g/mol. The van der Waals surface area contributed by atoms with E-state index in [1.54, 1.807) is 6.92 Å². The molecule has 0 bridgehead atoms. The van der Waals surface area contributed by atoms with Crippen LogP contribution in [0, 0.1) is 0 Å². The van der Waals surface area contributed by atoms with Crippen LogP contribution >= 0.6 is 27.5 Å². The van der Waals surface area contributed by atoms with Gasteiger partial charge in [-0.05, 0) is 53.2 Å². The number of carbonyl (C=O) groups is 1. The molecule has 3 nitrogen and oxygen atoms in total. The van der Waals surface area contributed by atoms with Gasteiger partial charge in [-0.3, -0.25) is 0 Å². The SMILES string of the molecule is CCOC(=O)c1cc2cc(Br)c(Cl)cc2n1-c1ccccc1. The van der Waals surface area contributed by atoms with E-state index in [4.69, 9.17) is 16.3 Å². The number of aromatic nitrogens is 1. The van der Waals surface area contributed by atoms with E-state index in [1.807, 2.05) is 53.1 Å². The lowest BCUT2D eigenvalue weighted by Crippen LogP contribution is -2.10. The highest BCUT2D eigenvalue weighted by atomic mass is 79.9. The van der Waals surface area contributed by atoms with Crippen LogP contribution < -0.4 is 0 Å². The molecule has 0 atom stereocenters. The third-order valence-electron chi connectivity index (χ3n) is 3.34. The lowest BCUT2D eigenvalue weighted by atomic mass is 10.2. The third-order valence-corrected chi connectivity index (χ3v) is 4.54. The third kappa shape index (κ3) is 2.64. The molecule has 2 aromatic carbocycles. The van der Waals surface area contributed by atoms with E-state index in [-0.39, 0.29) is 5.97 Å². The standard InChI is InChI=1S/C17H13BrClNO2/c1-2-22-17(21)16-9-11-8-13(18)14(19)10-15(11)20(16)12-6-4-3-5-7-12/h3-10H,2H2,1H3. The van der Waals surface area contributed by atoms with Gasteiger partial charge in [0.15, 0.2) is 0 Å². The lowest BCUT2D eigenvalue weighted by Gasteiger charge is -2.10. The summed E-state index contributed by atoms with van der Waals surface area (Å²) in [5.74, 6) is -0.352. The maximum Gasteiger partial charge on any atom is 0.355 e. The maximum atomic E-state index is 12.3. The Bertz CT molecular complexity index is 843. The molecule has 3 rings (SSSR count). The van der Waals surface area contributed by atoms with Crippen molar-refractivity contribution >= 4 is 44.4 Å². The number of rotatable bonds is 3. The predicted octanol–water partition coefficient (Wildman–Crippen LogP) is 5.22. The summed E-state index contributed by atoms with van der Waals surface area (Å²) in [5, 5.41) is 1.52. The molecule has 0 amide bonds. The molecule has 1 heterocycles. The Morgan fingerprint density at radius 2 is 1.95 bits per heavy atom. The minimum absolute atomic E-state index is 0.333. The van der Waals surface area contributed by atoms with Crippen molar-refractivity contribution in [3.63, 3.8) is 0 Å². The summed E-state index contributed by atoms with van der Waals surface area (Å²) < 4.78 is 7.84. The quantitative estimate of drug-likeness (QED) is 0.585. The van der Waals surface area contributed by atoms with Gasteiger partial charge in [-0.2, -0.15) is 0 Å². The number of hydrogen-bond donors (Lipinski definition) is 0. The van der Waals surface area contributed by atoms with Crippen molar-refractivity contribution in [3.8, 4) is 5.69 Å². The van der Waals surface area contributed by atoms with Crippen molar-refractivity contribution in [1.29, 1.82) is 0 Å². The van der Waals surface area contributed by atoms with Crippen molar-refractivity contribution in [2.75, 3.05) is 6.61 Å². The fourth-order valence-corrected chi connectivity index (χ4v) is 2.93. The Hall–Kier alpha value is -1.78. The number of halogens is 2. The molecule has 0 aliphatic rings. The van der Waals surface area contributed by atoms with Gasteiger partial charge in [-0.15, -0.1) is 0 Å². The first-order valence-corrected chi connectivity index (χ1v) is 8.02. The highest BCUT2D eigenvalue weighted by molar-refractivity contribution is 9.10. The van der Waals surface area contributed by atoms with Gasteiger partial charge in [0.1, 0.15) is 5.69 Å². The number of benzene rings is 2. The molecule has 0 N–H and O–H groups in total. The number of carbonyl (C=O) groups excluding carboxylic acids is 1. The number of esters is 1. The minimum atomic E-state index is -0.352. The first-order valence-electron chi connectivity index (χ1n) is 6.85. The first kappa shape index (κ1) is 15.1. The summed E-state index contributed by atoms with van der Waals surface area (Å²) in [6.45, 7) is 2.13. The highest BCUT2D eigenvalue weighted by Crippen LogP contribution is 2.32. The summed E-state index contributed by atoms with van der Waals surface area (Å²) in [7, 11) is 0. The maximum absolute atomic E-state index is 12.3. The van der Waals surface area contributed by atoms with Gasteiger partial charge in [-0.1, -0.05) is 29.8 Å². The molecule has 0 unspecified atom stereocenters. The molecule has 22 heavy (non-hydrogen) atoms. The van der Waals surface area contributed by atoms with E-state index >= 15 is 0 Å². The molecule has 3 aromatic rings. The Morgan fingerprint density at radius 1 is 1.23 bits per heavy atom. The van der Waals surface area contributed by atoms with E-state index < -0.39 is 0 Å². The van der Waals surface area contributed by atoms with Gasteiger partial charge in [0, 0.05) is 15.5 Å². The predicted molar refractivity (Wildman–Crippen MR) is 91.9 cm³/mol. The highest BCUT2D eigenvalue weighted by Gasteiger charge is 2.18. The number of ether oxygens (including phenoxy) is 1. The summed E-state index contributed by atoms with van der Waals surface area (Å²) in [6.07, 6.45) is 0. The van der Waals surface area contributed by atoms with E-state index in [0.29, 0.717) is 17.3 Å². The average Bonchev–Trinajstić information content (AvgIpc) is 2.87. The zero-order valence-corrected chi connectivity index (χ0v) is 14.2. The molecule has 112 valence electrons. The van der Waals surface area contributed by atoms with Gasteiger partial charge in [-0.25, -0.2) is 4.79 Å². The second-order valence-electron chi connectivity index (χ2n) is 4.75. The van der Waals surface area contributed by atoms with Crippen LogP contribution in [0.15, 0.2) is 53.0 Å². The van der Waals surface area contributed by atoms with Crippen molar-refractivity contribution in [2.45, 2.75) is 6.92 Å². The first-order chi connectivity index (χ1) is 10.6. The van der Waals surface area contributed by atoms with E-state index in [1.165, 1.54) is 0 Å². The molecule has 5 heteroatoms. The monoisotopic (exact) mass is 377 g/mol. The molecule has 0 radical (unpaired) electrons. The van der Waals surface area contributed by atoms with Crippen LogP contribution in [-0.2, 0) is 4.74 Å². The fraction of sp³-hybridized carbons (Fsp3) is 0.118. The second kappa shape index (κ2) is 6.15. The molecular formula is C17H13BrClNO2. The summed E-state index contributed by atoms with van der Waals surface area (Å²) in [4.78, 5) is 12.3. The molecule has 0 saturated heterocycles. The fourth-order valence-electron chi connectivity index (χ4n) is 2.41. The van der Waals surface area contributed by atoms with E-state index in [2.05, 4.69) is 15.9 Å². The van der Waals surface area contributed by atoms with E-state index in [9.17, 15) is 4.79 Å². The summed E-state index contributed by atoms with van der Waals surface area (Å²) >= 11 is 9.64. The molecule has 0 fully saturated rings. The van der Waals surface area contributed by atoms with Gasteiger partial charge >= 0.3 is 5.97 Å². The minimum Gasteiger partial charge on any atom is -0.461 e. The zero-order chi connectivity index (χ0) is 15.7. The number of fused-ring (bicyclic) bond motifs is 1. The van der Waals surface area contributed by atoms with Crippen molar-refractivity contribution in [3.05, 3.63) is 63.7 Å². The van der Waals surface area contributed by atoms with Gasteiger partial charge in [0.25, 0.3) is 0 Å². The normalized spacial score (nSPS) is 10.9. The Kier molecular flexibility index (Phi) is 4.23. The molecule has 0 aliphatic carbocycles. The molecular weight excluding hydrogens is 366 g/mol. The van der Waals surface area contributed by atoms with Crippen LogP contribution in [0.25, 0.3) is 16.6 Å². The van der Waals surface area contributed by atoms with Gasteiger partial charge in [0.05, 0.1) is 17.1 Å². The Balaban J connectivity index is 2.32. The summed E-state index contributed by atoms with van der Waals surface area (Å²) in [6, 6.07) is 15.2. The zero-order valence-electron chi connectivity index (χ0n) is 11.8. The van der Waals surface area contributed by atoms with Crippen molar-refractivity contribution in [1.82, 2.24) is 4.57 Å². The molecule has 0 aliphatic heterocycles. The van der Waals surface area contributed by atoms with Crippen molar-refractivity contribution < 1.29 is 9.53 Å². The number of nitrogens with zero attached hydrogens (tertiary/aromatic N) is 1. The van der Waals surface area contributed by atoms with Crippen molar-refractivity contribution in [2.24, 2.45) is 0 Å². The van der Waals surface area contributed by atoms with Gasteiger partial charge < -0.3 is 9.30 Å².